The first-order valence-electron chi connectivity index (χ1n) is 20.2. The summed E-state index contributed by atoms with van der Waals surface area (Å²) in [5.41, 5.74) is 17.9. The van der Waals surface area contributed by atoms with Crippen molar-refractivity contribution in [1.82, 2.24) is 15.0 Å². The first-order chi connectivity index (χ1) is 29.2. The van der Waals surface area contributed by atoms with Crippen LogP contribution in [0.15, 0.2) is 212 Å². The third-order valence-electron chi connectivity index (χ3n) is 12.3. The van der Waals surface area contributed by atoms with Gasteiger partial charge in [-0.05, 0) is 89.7 Å². The van der Waals surface area contributed by atoms with Crippen molar-refractivity contribution in [3.8, 4) is 78.7 Å². The van der Waals surface area contributed by atoms with Crippen LogP contribution in [-0.4, -0.2) is 15.0 Å². The molecule has 1 heterocycles. The molecule has 0 aliphatic heterocycles. The van der Waals surface area contributed by atoms with Gasteiger partial charge in [0.2, 0.25) is 0 Å². The summed E-state index contributed by atoms with van der Waals surface area (Å²) in [5, 5.41) is 2.29. The fourth-order valence-electron chi connectivity index (χ4n) is 9.73. The topological polar surface area (TPSA) is 38.7 Å². The largest absolute Gasteiger partial charge is 0.208 e. The lowest BCUT2D eigenvalue weighted by Crippen LogP contribution is -2.25. The van der Waals surface area contributed by atoms with Gasteiger partial charge >= 0.3 is 0 Å². The smallest absolute Gasteiger partial charge is 0.164 e. The van der Waals surface area contributed by atoms with E-state index in [1.54, 1.807) is 0 Å². The Hall–Kier alpha value is -7.75. The van der Waals surface area contributed by atoms with Gasteiger partial charge in [-0.3, -0.25) is 0 Å². The number of fused-ring (bicyclic) bond motifs is 11. The van der Waals surface area contributed by atoms with Crippen LogP contribution >= 0.6 is 0 Å². The number of nitrogens with zero attached hydrogens (tertiary/aromatic N) is 3. The van der Waals surface area contributed by atoms with Crippen molar-refractivity contribution >= 4 is 10.8 Å². The molecule has 0 atom stereocenters. The lowest BCUT2D eigenvalue weighted by atomic mass is 9.70. The third kappa shape index (κ3) is 5.11. The molecule has 0 amide bonds. The molecule has 0 saturated heterocycles. The lowest BCUT2D eigenvalue weighted by molar-refractivity contribution is 0.794. The predicted octanol–water partition coefficient (Wildman–Crippen LogP) is 13.7. The van der Waals surface area contributed by atoms with Crippen molar-refractivity contribution in [1.29, 1.82) is 0 Å². The number of rotatable bonds is 5. The Balaban J connectivity index is 0.966. The zero-order chi connectivity index (χ0) is 38.9. The van der Waals surface area contributed by atoms with Crippen LogP contribution in [0.4, 0.5) is 0 Å². The van der Waals surface area contributed by atoms with Crippen molar-refractivity contribution < 1.29 is 0 Å². The molecule has 3 heteroatoms. The summed E-state index contributed by atoms with van der Waals surface area (Å²) >= 11 is 0. The van der Waals surface area contributed by atoms with E-state index < -0.39 is 0 Å². The lowest BCUT2D eigenvalue weighted by Gasteiger charge is -2.30. The minimum absolute atomic E-state index is 0.368. The second-order valence-corrected chi connectivity index (χ2v) is 15.5. The zero-order valence-electron chi connectivity index (χ0n) is 32.0. The first kappa shape index (κ1) is 33.4. The van der Waals surface area contributed by atoms with Gasteiger partial charge in [-0.2, -0.15) is 0 Å². The van der Waals surface area contributed by atoms with Crippen molar-refractivity contribution in [2.75, 3.05) is 0 Å². The van der Waals surface area contributed by atoms with Gasteiger partial charge in [-0.15, -0.1) is 0 Å². The summed E-state index contributed by atoms with van der Waals surface area (Å²) in [6, 6.07) is 76.3. The SMILES string of the molecule is c1ccc(-c2ccc(-c3nc(-c4ccccc4)nc(-c4ccc5cc(-c6cccc7c6-c6ccccc6C76c7ccccc7-c7ccccc76)ccc5c4)n3)cc2)cc1. The van der Waals surface area contributed by atoms with Crippen LogP contribution in [-0.2, 0) is 5.41 Å². The molecule has 9 aromatic carbocycles. The fraction of sp³-hybridized carbons (Fsp3) is 0.0179. The number of hydrogen-bond acceptors (Lipinski definition) is 3. The molecule has 0 bridgehead atoms. The Morgan fingerprint density at radius 1 is 0.254 bits per heavy atom. The second kappa shape index (κ2) is 13.2. The molecule has 0 saturated carbocycles. The molecule has 0 unspecified atom stereocenters. The molecule has 0 radical (unpaired) electrons. The number of hydrogen-bond donors (Lipinski definition) is 0. The Labute approximate surface area is 343 Å². The standard InChI is InChI=1S/C56H35N3/c1-3-14-36(15-4-1)37-26-28-39(29-27-37)54-57-53(38-16-5-2-6-17-38)58-55(59-54)43-33-31-40-34-42(32-30-41(40)35-43)44-21-13-25-51-52(44)47-20-9-12-24-50(47)56(51)48-22-10-7-18-45(48)46-19-8-11-23-49(46)56/h1-35H. The van der Waals surface area contributed by atoms with E-state index in [4.69, 9.17) is 15.0 Å². The predicted molar refractivity (Wildman–Crippen MR) is 241 cm³/mol. The maximum Gasteiger partial charge on any atom is 0.164 e. The summed E-state index contributed by atoms with van der Waals surface area (Å²) in [5.74, 6) is 1.94. The van der Waals surface area contributed by atoms with E-state index in [0.717, 1.165) is 33.0 Å². The molecule has 2 aliphatic carbocycles. The Kier molecular flexibility index (Phi) is 7.45. The van der Waals surface area contributed by atoms with E-state index >= 15 is 0 Å². The van der Waals surface area contributed by atoms with E-state index in [2.05, 4.69) is 176 Å². The molecule has 3 nitrogen and oxygen atoms in total. The van der Waals surface area contributed by atoms with E-state index in [9.17, 15) is 0 Å². The monoisotopic (exact) mass is 749 g/mol. The van der Waals surface area contributed by atoms with Crippen LogP contribution < -0.4 is 0 Å². The van der Waals surface area contributed by atoms with Gasteiger partial charge < -0.3 is 0 Å². The zero-order valence-corrected chi connectivity index (χ0v) is 32.0. The molecule has 1 spiro atoms. The van der Waals surface area contributed by atoms with Gasteiger partial charge in [0, 0.05) is 16.7 Å². The third-order valence-corrected chi connectivity index (χ3v) is 12.3. The molecular formula is C56H35N3. The molecule has 0 N–H and O–H groups in total. The minimum Gasteiger partial charge on any atom is -0.208 e. The highest BCUT2D eigenvalue weighted by Gasteiger charge is 2.51. The van der Waals surface area contributed by atoms with Crippen LogP contribution in [0.3, 0.4) is 0 Å². The van der Waals surface area contributed by atoms with E-state index in [0.29, 0.717) is 17.5 Å². The molecule has 274 valence electrons. The van der Waals surface area contributed by atoms with Crippen LogP contribution in [0, 0.1) is 0 Å². The molecule has 12 rings (SSSR count). The van der Waals surface area contributed by atoms with Gasteiger partial charge in [0.25, 0.3) is 0 Å². The molecule has 59 heavy (non-hydrogen) atoms. The van der Waals surface area contributed by atoms with Crippen LogP contribution in [0.2, 0.25) is 0 Å². The van der Waals surface area contributed by atoms with Gasteiger partial charge in [0.05, 0.1) is 5.41 Å². The normalized spacial score (nSPS) is 12.9. The average Bonchev–Trinajstić information content (AvgIpc) is 3.79. The highest BCUT2D eigenvalue weighted by molar-refractivity contribution is 6.01. The number of aromatic nitrogens is 3. The van der Waals surface area contributed by atoms with E-state index in [-0.39, 0.29) is 5.41 Å². The van der Waals surface area contributed by atoms with Crippen molar-refractivity contribution in [2.45, 2.75) is 5.41 Å². The summed E-state index contributed by atoms with van der Waals surface area (Å²) in [7, 11) is 0. The molecule has 1 aromatic heterocycles. The molecule has 2 aliphatic rings. The summed E-state index contributed by atoms with van der Waals surface area (Å²) in [6.07, 6.45) is 0. The maximum atomic E-state index is 5.08. The average molecular weight is 750 g/mol. The number of benzene rings is 9. The Bertz CT molecular complexity index is 3210. The van der Waals surface area contributed by atoms with E-state index in [1.165, 1.54) is 61.2 Å². The molecule has 0 fully saturated rings. The van der Waals surface area contributed by atoms with Crippen molar-refractivity contribution in [2.24, 2.45) is 0 Å². The Morgan fingerprint density at radius 2 is 0.644 bits per heavy atom. The minimum atomic E-state index is -0.368. The van der Waals surface area contributed by atoms with Crippen molar-refractivity contribution in [3.63, 3.8) is 0 Å². The summed E-state index contributed by atoms with van der Waals surface area (Å²) in [4.78, 5) is 15.1. The summed E-state index contributed by atoms with van der Waals surface area (Å²) in [6.45, 7) is 0. The molecular weight excluding hydrogens is 715 g/mol. The van der Waals surface area contributed by atoms with Gasteiger partial charge in [-0.1, -0.05) is 200 Å². The summed E-state index contributed by atoms with van der Waals surface area (Å²) < 4.78 is 0. The Morgan fingerprint density at radius 3 is 1.27 bits per heavy atom. The van der Waals surface area contributed by atoms with Crippen LogP contribution in [0.1, 0.15) is 22.3 Å². The second-order valence-electron chi connectivity index (χ2n) is 15.5. The van der Waals surface area contributed by atoms with Crippen LogP contribution in [0.5, 0.6) is 0 Å². The highest BCUT2D eigenvalue weighted by Crippen LogP contribution is 2.63. The highest BCUT2D eigenvalue weighted by atomic mass is 15.0. The van der Waals surface area contributed by atoms with Crippen LogP contribution in [0.25, 0.3) is 89.4 Å². The molecule has 10 aromatic rings. The van der Waals surface area contributed by atoms with Gasteiger partial charge in [-0.25, -0.2) is 15.0 Å². The first-order valence-corrected chi connectivity index (χ1v) is 20.2. The van der Waals surface area contributed by atoms with Crippen molar-refractivity contribution in [3.05, 3.63) is 235 Å². The quantitative estimate of drug-likeness (QED) is 0.176. The maximum absolute atomic E-state index is 5.08. The van der Waals surface area contributed by atoms with E-state index in [1.807, 2.05) is 36.4 Å². The fourth-order valence-corrected chi connectivity index (χ4v) is 9.73. The van der Waals surface area contributed by atoms with Gasteiger partial charge in [0.1, 0.15) is 0 Å². The van der Waals surface area contributed by atoms with Gasteiger partial charge in [0.15, 0.2) is 17.5 Å².